The summed E-state index contributed by atoms with van der Waals surface area (Å²) < 4.78 is 12.9. The Labute approximate surface area is 220 Å². The summed E-state index contributed by atoms with van der Waals surface area (Å²) in [4.78, 5) is 27.2. The fourth-order valence-corrected chi connectivity index (χ4v) is 5.72. The van der Waals surface area contributed by atoms with Crippen molar-refractivity contribution in [2.45, 2.75) is 32.0 Å². The van der Waals surface area contributed by atoms with E-state index in [2.05, 4.69) is 6.92 Å². The molecule has 192 valence electrons. The van der Waals surface area contributed by atoms with E-state index in [-0.39, 0.29) is 43.2 Å². The third kappa shape index (κ3) is 5.08. The highest BCUT2D eigenvalue weighted by atomic mass is 32.2. The second-order valence-corrected chi connectivity index (χ2v) is 10.4. The number of ether oxygens (including phenoxy) is 2. The molecule has 3 aromatic carbocycles. The summed E-state index contributed by atoms with van der Waals surface area (Å²) >= 11 is 1.62. The van der Waals surface area contributed by atoms with Gasteiger partial charge in [-0.15, -0.1) is 0 Å². The molecule has 3 aromatic rings. The molecule has 0 aliphatic carbocycles. The fraction of sp³-hybridized carbons (Fsp3) is 0.310. The standard InChI is InChI=1S/C29H29NO6S/c1-18-25(17-37-14-13-31)35-29(36-26(18)20-11-9-19(16-32)10-12-20)21-5-4-6-22(15-21)30-27(33)23-7-2-3-8-24(23)28(30)34/h2-12,15,18,25-26,29,31-32H,13-14,16-17H2,1H3/t18-,25+,26+,29+/m0/s1. The molecule has 2 aliphatic heterocycles. The first kappa shape index (κ1) is 25.6. The smallest absolute Gasteiger partial charge is 0.266 e. The van der Waals surface area contributed by atoms with Crippen molar-refractivity contribution < 1.29 is 29.3 Å². The van der Waals surface area contributed by atoms with Crippen LogP contribution in [0.15, 0.2) is 72.8 Å². The predicted octanol–water partition coefficient (Wildman–Crippen LogP) is 4.50. The molecule has 2 heterocycles. The molecule has 0 radical (unpaired) electrons. The number of nitrogens with zero attached hydrogens (tertiary/aromatic N) is 1. The number of benzene rings is 3. The Bertz CT molecular complexity index is 1240. The summed E-state index contributed by atoms with van der Waals surface area (Å²) in [5.74, 6) is 0.629. The van der Waals surface area contributed by atoms with Crippen LogP contribution in [-0.4, -0.2) is 46.2 Å². The van der Waals surface area contributed by atoms with Crippen LogP contribution in [0.1, 0.15) is 56.7 Å². The molecule has 5 rings (SSSR count). The lowest BCUT2D eigenvalue weighted by Gasteiger charge is -2.41. The summed E-state index contributed by atoms with van der Waals surface area (Å²) in [5.41, 5.74) is 3.75. The topological polar surface area (TPSA) is 96.3 Å². The fourth-order valence-electron chi connectivity index (χ4n) is 4.81. The number of aliphatic hydroxyl groups is 2. The van der Waals surface area contributed by atoms with Gasteiger partial charge in [0, 0.05) is 23.0 Å². The molecule has 2 N–H and O–H groups in total. The van der Waals surface area contributed by atoms with E-state index in [4.69, 9.17) is 9.47 Å². The molecule has 7 nitrogen and oxygen atoms in total. The highest BCUT2D eigenvalue weighted by molar-refractivity contribution is 7.99. The normalized spacial score (nSPS) is 23.4. The second kappa shape index (κ2) is 11.2. The minimum atomic E-state index is -0.714. The molecule has 0 unspecified atom stereocenters. The lowest BCUT2D eigenvalue weighted by molar-refractivity contribution is -0.268. The van der Waals surface area contributed by atoms with Crippen LogP contribution in [0.3, 0.4) is 0 Å². The Morgan fingerprint density at radius 3 is 2.22 bits per heavy atom. The lowest BCUT2D eigenvalue weighted by atomic mass is 9.91. The van der Waals surface area contributed by atoms with Crippen LogP contribution in [-0.2, 0) is 16.1 Å². The van der Waals surface area contributed by atoms with Crippen molar-refractivity contribution in [2.75, 3.05) is 23.0 Å². The summed E-state index contributed by atoms with van der Waals surface area (Å²) in [7, 11) is 0. The average molecular weight is 520 g/mol. The van der Waals surface area contributed by atoms with Crippen LogP contribution in [0, 0.1) is 5.92 Å². The van der Waals surface area contributed by atoms with Crippen molar-refractivity contribution in [3.05, 3.63) is 101 Å². The van der Waals surface area contributed by atoms with Gasteiger partial charge in [-0.2, -0.15) is 11.8 Å². The third-order valence-electron chi connectivity index (χ3n) is 6.84. The quantitative estimate of drug-likeness (QED) is 0.334. The van der Waals surface area contributed by atoms with Gasteiger partial charge in [0.1, 0.15) is 0 Å². The monoisotopic (exact) mass is 519 g/mol. The van der Waals surface area contributed by atoms with E-state index in [0.717, 1.165) is 11.1 Å². The number of carbonyl (C=O) groups is 2. The molecule has 0 aromatic heterocycles. The van der Waals surface area contributed by atoms with Crippen molar-refractivity contribution in [1.29, 1.82) is 0 Å². The number of carbonyl (C=O) groups excluding carboxylic acids is 2. The van der Waals surface area contributed by atoms with Gasteiger partial charge in [0.05, 0.1) is 42.2 Å². The number of aliphatic hydroxyl groups excluding tert-OH is 2. The van der Waals surface area contributed by atoms with E-state index in [1.165, 1.54) is 4.90 Å². The zero-order valence-corrected chi connectivity index (χ0v) is 21.3. The summed E-state index contributed by atoms with van der Waals surface area (Å²) in [6.45, 7) is 2.15. The van der Waals surface area contributed by atoms with Crippen LogP contribution >= 0.6 is 11.8 Å². The molecule has 0 spiro atoms. The number of rotatable bonds is 8. The molecule has 0 saturated carbocycles. The van der Waals surface area contributed by atoms with Gasteiger partial charge in [-0.05, 0) is 35.4 Å². The Morgan fingerprint density at radius 1 is 0.865 bits per heavy atom. The van der Waals surface area contributed by atoms with E-state index in [9.17, 15) is 19.8 Å². The highest BCUT2D eigenvalue weighted by Crippen LogP contribution is 2.43. The van der Waals surface area contributed by atoms with Crippen LogP contribution in [0.5, 0.6) is 0 Å². The first-order valence-electron chi connectivity index (χ1n) is 12.3. The molecule has 2 amide bonds. The molecule has 1 saturated heterocycles. The summed E-state index contributed by atoms with van der Waals surface area (Å²) in [6, 6.07) is 21.7. The minimum Gasteiger partial charge on any atom is -0.396 e. The molecule has 2 aliphatic rings. The molecule has 0 bridgehead atoms. The number of thioether (sulfide) groups is 1. The lowest BCUT2D eigenvalue weighted by Crippen LogP contribution is -2.38. The first-order chi connectivity index (χ1) is 18.0. The van der Waals surface area contributed by atoms with E-state index < -0.39 is 6.29 Å². The molecular formula is C29H29NO6S. The van der Waals surface area contributed by atoms with Gasteiger partial charge in [0.25, 0.3) is 11.8 Å². The van der Waals surface area contributed by atoms with E-state index in [1.807, 2.05) is 30.3 Å². The maximum atomic E-state index is 13.0. The molecule has 8 heteroatoms. The zero-order chi connectivity index (χ0) is 25.9. The largest absolute Gasteiger partial charge is 0.396 e. The maximum absolute atomic E-state index is 13.0. The maximum Gasteiger partial charge on any atom is 0.266 e. The summed E-state index contributed by atoms with van der Waals surface area (Å²) in [5, 5.41) is 18.7. The number of imide groups is 1. The van der Waals surface area contributed by atoms with Crippen molar-refractivity contribution >= 4 is 29.3 Å². The van der Waals surface area contributed by atoms with Crippen LogP contribution in [0.4, 0.5) is 5.69 Å². The van der Waals surface area contributed by atoms with Crippen LogP contribution in [0.25, 0.3) is 0 Å². The van der Waals surface area contributed by atoms with Crippen molar-refractivity contribution in [3.8, 4) is 0 Å². The van der Waals surface area contributed by atoms with Gasteiger partial charge in [-0.1, -0.05) is 55.5 Å². The third-order valence-corrected chi connectivity index (χ3v) is 7.87. The van der Waals surface area contributed by atoms with Gasteiger partial charge in [0.15, 0.2) is 6.29 Å². The van der Waals surface area contributed by atoms with Crippen molar-refractivity contribution in [3.63, 3.8) is 0 Å². The van der Waals surface area contributed by atoms with Gasteiger partial charge >= 0.3 is 0 Å². The number of amides is 2. The van der Waals surface area contributed by atoms with Gasteiger partial charge < -0.3 is 19.7 Å². The average Bonchev–Trinajstić information content (AvgIpc) is 3.19. The van der Waals surface area contributed by atoms with Crippen LogP contribution < -0.4 is 4.90 Å². The van der Waals surface area contributed by atoms with E-state index in [1.54, 1.807) is 54.2 Å². The van der Waals surface area contributed by atoms with Crippen molar-refractivity contribution in [1.82, 2.24) is 0 Å². The van der Waals surface area contributed by atoms with Crippen LogP contribution in [0.2, 0.25) is 0 Å². The van der Waals surface area contributed by atoms with E-state index >= 15 is 0 Å². The number of fused-ring (bicyclic) bond motifs is 1. The predicted molar refractivity (Wildman–Crippen MR) is 141 cm³/mol. The van der Waals surface area contributed by atoms with Gasteiger partial charge in [-0.3, -0.25) is 9.59 Å². The van der Waals surface area contributed by atoms with Crippen molar-refractivity contribution in [2.24, 2.45) is 5.92 Å². The molecular weight excluding hydrogens is 490 g/mol. The number of hydrogen-bond donors (Lipinski definition) is 2. The summed E-state index contributed by atoms with van der Waals surface area (Å²) in [6.07, 6.45) is -1.14. The Kier molecular flexibility index (Phi) is 7.73. The first-order valence-corrected chi connectivity index (χ1v) is 13.4. The van der Waals surface area contributed by atoms with E-state index in [0.29, 0.717) is 33.9 Å². The number of hydrogen-bond acceptors (Lipinski definition) is 7. The SMILES string of the molecule is C[C@H]1[C@@H](CSCCO)O[C@@H](c2cccc(N3C(=O)c4ccccc4C3=O)c2)O[C@H]1c1ccc(CO)cc1. The Morgan fingerprint density at radius 2 is 1.57 bits per heavy atom. The Balaban J connectivity index is 1.44. The zero-order valence-electron chi connectivity index (χ0n) is 20.4. The molecule has 1 fully saturated rings. The van der Waals surface area contributed by atoms with Gasteiger partial charge in [-0.25, -0.2) is 4.90 Å². The molecule has 4 atom stereocenters. The highest BCUT2D eigenvalue weighted by Gasteiger charge is 2.40. The minimum absolute atomic E-state index is 0.0295. The molecule has 37 heavy (non-hydrogen) atoms. The second-order valence-electron chi connectivity index (χ2n) is 9.21. The number of anilines is 1. The van der Waals surface area contributed by atoms with Gasteiger partial charge in [0.2, 0.25) is 0 Å². The Hall–Kier alpha value is -3.01.